The largest absolute Gasteiger partial charge is 0.497 e. The third-order valence-corrected chi connectivity index (χ3v) is 4.34. The quantitative estimate of drug-likeness (QED) is 0.647. The molecule has 0 spiro atoms. The SMILES string of the molecule is COc1cccc(C(NN)C2C(C)OC(C)C2C)c1. The fourth-order valence-electron chi connectivity index (χ4n) is 3.13. The molecule has 3 N–H and O–H groups in total. The van der Waals surface area contributed by atoms with Gasteiger partial charge in [-0.05, 0) is 37.5 Å². The molecular weight excluding hydrogens is 240 g/mol. The topological polar surface area (TPSA) is 56.5 Å². The molecule has 0 bridgehead atoms. The van der Waals surface area contributed by atoms with Crippen molar-refractivity contribution in [2.45, 2.75) is 39.0 Å². The number of hydrazine groups is 1. The van der Waals surface area contributed by atoms with Crippen molar-refractivity contribution in [3.63, 3.8) is 0 Å². The monoisotopic (exact) mass is 264 g/mol. The molecule has 5 atom stereocenters. The van der Waals surface area contributed by atoms with Gasteiger partial charge in [-0.25, -0.2) is 0 Å². The Bertz CT molecular complexity index is 424. The Morgan fingerprint density at radius 2 is 2.00 bits per heavy atom. The maximum absolute atomic E-state index is 5.92. The molecule has 0 saturated carbocycles. The third kappa shape index (κ3) is 2.76. The zero-order chi connectivity index (χ0) is 14.0. The fraction of sp³-hybridized carbons (Fsp3) is 0.600. The average molecular weight is 264 g/mol. The summed E-state index contributed by atoms with van der Waals surface area (Å²) in [7, 11) is 1.68. The maximum Gasteiger partial charge on any atom is 0.119 e. The van der Waals surface area contributed by atoms with Crippen molar-refractivity contribution in [3.8, 4) is 5.75 Å². The summed E-state index contributed by atoms with van der Waals surface area (Å²) in [6.07, 6.45) is 0.457. The second-order valence-corrected chi connectivity index (χ2v) is 5.40. The van der Waals surface area contributed by atoms with Gasteiger partial charge < -0.3 is 9.47 Å². The van der Waals surface area contributed by atoms with E-state index in [1.54, 1.807) is 7.11 Å². The summed E-state index contributed by atoms with van der Waals surface area (Å²) >= 11 is 0. The van der Waals surface area contributed by atoms with E-state index in [9.17, 15) is 0 Å². The molecule has 4 nitrogen and oxygen atoms in total. The van der Waals surface area contributed by atoms with Crippen LogP contribution in [0.4, 0.5) is 0 Å². The zero-order valence-corrected chi connectivity index (χ0v) is 12.1. The fourth-order valence-corrected chi connectivity index (χ4v) is 3.13. The van der Waals surface area contributed by atoms with Gasteiger partial charge in [0.15, 0.2) is 0 Å². The molecule has 1 heterocycles. The van der Waals surface area contributed by atoms with Crippen molar-refractivity contribution in [3.05, 3.63) is 29.8 Å². The molecule has 0 aromatic heterocycles. The van der Waals surface area contributed by atoms with Gasteiger partial charge in [0, 0.05) is 5.92 Å². The van der Waals surface area contributed by atoms with Crippen LogP contribution in [0.25, 0.3) is 0 Å². The lowest BCUT2D eigenvalue weighted by atomic mass is 9.81. The number of nitrogens with two attached hydrogens (primary N) is 1. The molecule has 1 aliphatic rings. The number of hydrogen-bond acceptors (Lipinski definition) is 4. The Kier molecular flexibility index (Phi) is 4.45. The summed E-state index contributed by atoms with van der Waals surface area (Å²) in [5.41, 5.74) is 4.10. The highest BCUT2D eigenvalue weighted by molar-refractivity contribution is 5.31. The van der Waals surface area contributed by atoms with Crippen LogP contribution in [0, 0.1) is 11.8 Å². The summed E-state index contributed by atoms with van der Waals surface area (Å²) < 4.78 is 11.2. The summed E-state index contributed by atoms with van der Waals surface area (Å²) in [6, 6.07) is 8.12. The molecule has 0 radical (unpaired) electrons. The smallest absolute Gasteiger partial charge is 0.119 e. The standard InChI is InChI=1S/C15H24N2O2/c1-9-10(2)19-11(3)14(9)15(17-16)12-6-5-7-13(8-12)18-4/h5-11,14-15,17H,16H2,1-4H3. The van der Waals surface area contributed by atoms with E-state index in [1.165, 1.54) is 0 Å². The van der Waals surface area contributed by atoms with Gasteiger partial charge in [0.1, 0.15) is 5.75 Å². The van der Waals surface area contributed by atoms with Crippen LogP contribution in [-0.2, 0) is 4.74 Å². The van der Waals surface area contributed by atoms with E-state index < -0.39 is 0 Å². The normalized spacial score (nSPS) is 32.3. The lowest BCUT2D eigenvalue weighted by Crippen LogP contribution is -2.38. The zero-order valence-electron chi connectivity index (χ0n) is 12.1. The van der Waals surface area contributed by atoms with Gasteiger partial charge in [0.05, 0.1) is 25.4 Å². The van der Waals surface area contributed by atoms with Crippen molar-refractivity contribution in [2.24, 2.45) is 17.7 Å². The van der Waals surface area contributed by atoms with Gasteiger partial charge in [-0.1, -0.05) is 19.1 Å². The number of benzene rings is 1. The van der Waals surface area contributed by atoms with Crippen molar-refractivity contribution in [1.82, 2.24) is 5.43 Å². The van der Waals surface area contributed by atoms with Gasteiger partial charge in [-0.3, -0.25) is 11.3 Å². The highest BCUT2D eigenvalue weighted by Gasteiger charge is 2.41. The van der Waals surface area contributed by atoms with Gasteiger partial charge in [-0.2, -0.15) is 0 Å². The number of nitrogens with one attached hydrogen (secondary N) is 1. The molecule has 1 fully saturated rings. The maximum atomic E-state index is 5.92. The molecule has 106 valence electrons. The van der Waals surface area contributed by atoms with E-state index >= 15 is 0 Å². The first-order valence-electron chi connectivity index (χ1n) is 6.84. The van der Waals surface area contributed by atoms with Crippen LogP contribution in [0.15, 0.2) is 24.3 Å². The minimum absolute atomic E-state index is 0.0741. The molecule has 1 aromatic carbocycles. The number of rotatable bonds is 4. The Labute approximate surface area is 115 Å². The Morgan fingerprint density at radius 1 is 1.26 bits per heavy atom. The van der Waals surface area contributed by atoms with Crippen molar-refractivity contribution < 1.29 is 9.47 Å². The third-order valence-electron chi connectivity index (χ3n) is 4.34. The molecular formula is C15H24N2O2. The molecule has 5 unspecified atom stereocenters. The first kappa shape index (κ1) is 14.3. The van der Waals surface area contributed by atoms with Gasteiger partial charge in [-0.15, -0.1) is 0 Å². The predicted octanol–water partition coefficient (Wildman–Crippen LogP) is 2.26. The van der Waals surface area contributed by atoms with E-state index in [-0.39, 0.29) is 18.2 Å². The van der Waals surface area contributed by atoms with Crippen LogP contribution in [0.5, 0.6) is 5.75 Å². The predicted molar refractivity (Wildman–Crippen MR) is 75.7 cm³/mol. The molecule has 4 heteroatoms. The van der Waals surface area contributed by atoms with E-state index in [0.717, 1.165) is 11.3 Å². The Morgan fingerprint density at radius 3 is 2.53 bits per heavy atom. The van der Waals surface area contributed by atoms with Gasteiger partial charge in [0.25, 0.3) is 0 Å². The summed E-state index contributed by atoms with van der Waals surface area (Å²) in [4.78, 5) is 0. The number of hydrogen-bond donors (Lipinski definition) is 2. The van der Waals surface area contributed by atoms with E-state index in [2.05, 4.69) is 32.3 Å². The molecule has 19 heavy (non-hydrogen) atoms. The first-order chi connectivity index (χ1) is 9.08. The van der Waals surface area contributed by atoms with E-state index in [4.69, 9.17) is 15.3 Å². The summed E-state index contributed by atoms with van der Waals surface area (Å²) in [5, 5.41) is 0. The van der Waals surface area contributed by atoms with Crippen LogP contribution in [0.2, 0.25) is 0 Å². The lowest BCUT2D eigenvalue weighted by molar-refractivity contribution is 0.0475. The Balaban J connectivity index is 2.28. The molecule has 2 rings (SSSR count). The van der Waals surface area contributed by atoms with Gasteiger partial charge in [0.2, 0.25) is 0 Å². The molecule has 0 amide bonds. The van der Waals surface area contributed by atoms with E-state index in [0.29, 0.717) is 11.8 Å². The van der Waals surface area contributed by atoms with E-state index in [1.807, 2.05) is 18.2 Å². The summed E-state index contributed by atoms with van der Waals surface area (Å²) in [6.45, 7) is 6.47. The highest BCUT2D eigenvalue weighted by Crippen LogP contribution is 2.40. The highest BCUT2D eigenvalue weighted by atomic mass is 16.5. The lowest BCUT2D eigenvalue weighted by Gasteiger charge is -2.29. The number of methoxy groups -OCH3 is 1. The van der Waals surface area contributed by atoms with Gasteiger partial charge >= 0.3 is 0 Å². The van der Waals surface area contributed by atoms with Crippen molar-refractivity contribution >= 4 is 0 Å². The van der Waals surface area contributed by atoms with Crippen molar-refractivity contribution in [1.29, 1.82) is 0 Å². The second-order valence-electron chi connectivity index (χ2n) is 5.40. The summed E-state index contributed by atoms with van der Waals surface area (Å²) in [5.74, 6) is 7.47. The van der Waals surface area contributed by atoms with Crippen LogP contribution in [-0.4, -0.2) is 19.3 Å². The number of ether oxygens (including phenoxy) is 2. The minimum atomic E-state index is 0.0741. The average Bonchev–Trinajstić information content (AvgIpc) is 2.66. The molecule has 1 saturated heterocycles. The Hall–Kier alpha value is -1.10. The second kappa shape index (κ2) is 5.90. The van der Waals surface area contributed by atoms with Crippen LogP contribution >= 0.6 is 0 Å². The van der Waals surface area contributed by atoms with Crippen LogP contribution < -0.4 is 16.0 Å². The molecule has 0 aliphatic carbocycles. The van der Waals surface area contributed by atoms with Crippen molar-refractivity contribution in [2.75, 3.05) is 7.11 Å². The molecule has 1 aliphatic heterocycles. The molecule has 1 aromatic rings. The first-order valence-corrected chi connectivity index (χ1v) is 6.84. The van der Waals surface area contributed by atoms with Crippen LogP contribution in [0.3, 0.4) is 0 Å². The minimum Gasteiger partial charge on any atom is -0.497 e. The van der Waals surface area contributed by atoms with Crippen LogP contribution in [0.1, 0.15) is 32.4 Å².